The van der Waals surface area contributed by atoms with Gasteiger partial charge in [-0.3, -0.25) is 28.3 Å². The van der Waals surface area contributed by atoms with Crippen LogP contribution in [0.2, 0.25) is 0 Å². The lowest BCUT2D eigenvalue weighted by Gasteiger charge is -2.35. The van der Waals surface area contributed by atoms with Gasteiger partial charge in [0.1, 0.15) is 34.9 Å². The lowest BCUT2D eigenvalue weighted by molar-refractivity contribution is 0.0992. The van der Waals surface area contributed by atoms with E-state index in [1.807, 2.05) is 63.8 Å². The van der Waals surface area contributed by atoms with E-state index in [0.29, 0.717) is 48.6 Å². The monoisotopic (exact) mass is 668 g/mol. The van der Waals surface area contributed by atoms with Crippen LogP contribution >= 0.6 is 0 Å². The minimum atomic E-state index is -0.756. The van der Waals surface area contributed by atoms with Crippen molar-refractivity contribution in [1.29, 1.82) is 0 Å². The summed E-state index contributed by atoms with van der Waals surface area (Å²) in [6.45, 7) is 10.3. The zero-order valence-electron chi connectivity index (χ0n) is 29.0. The summed E-state index contributed by atoms with van der Waals surface area (Å²) < 4.78 is 9.27. The summed E-state index contributed by atoms with van der Waals surface area (Å²) in [5.41, 5.74) is 29.2. The van der Waals surface area contributed by atoms with Crippen LogP contribution in [0.3, 0.4) is 0 Å². The summed E-state index contributed by atoms with van der Waals surface area (Å²) in [6.07, 6.45) is 1.02. The number of anilines is 4. The van der Waals surface area contributed by atoms with Crippen LogP contribution < -0.4 is 48.6 Å². The Balaban J connectivity index is 1.57. The topological polar surface area (TPSA) is 198 Å². The summed E-state index contributed by atoms with van der Waals surface area (Å²) in [4.78, 5) is 56.3. The number of hydrogen-bond donors (Lipinski definition) is 4. The second-order valence-electron chi connectivity index (χ2n) is 12.9. The highest BCUT2D eigenvalue weighted by atomic mass is 16.5. The summed E-state index contributed by atoms with van der Waals surface area (Å²) in [5.74, 6) is -1.07. The number of piperidine rings is 1. The number of carbonyl (C=O) groups is 2. The third-order valence-electron chi connectivity index (χ3n) is 9.40. The third kappa shape index (κ3) is 6.07. The molecule has 0 aliphatic carbocycles. The first-order chi connectivity index (χ1) is 23.0. The lowest BCUT2D eigenvalue weighted by atomic mass is 10.0. The van der Waals surface area contributed by atoms with Crippen LogP contribution in [0.5, 0.6) is 5.75 Å². The second-order valence-corrected chi connectivity index (χ2v) is 12.9. The molecule has 0 saturated carbocycles. The number of pyridine rings is 2. The Bertz CT molecular complexity index is 2130. The Labute approximate surface area is 284 Å². The smallest absolute Gasteiger partial charge is 0.280 e. The molecule has 4 aromatic rings. The maximum absolute atomic E-state index is 14.2. The quantitative estimate of drug-likeness (QED) is 0.218. The molecule has 2 amide bonds. The zero-order valence-corrected chi connectivity index (χ0v) is 29.0. The highest BCUT2D eigenvalue weighted by Crippen LogP contribution is 2.33. The van der Waals surface area contributed by atoms with Gasteiger partial charge in [0.15, 0.2) is 0 Å². The molecule has 13 nitrogen and oxygen atoms in total. The summed E-state index contributed by atoms with van der Waals surface area (Å²) in [7, 11) is 3.39. The molecule has 1 atom stereocenters. The molecule has 1 unspecified atom stereocenters. The standard InChI is InChI=1S/C36H44N8O5/c1-18-10-11-19(2)29(21(18)4)43-32(38)25(34(40)46)16-27(36(43)48)42-14-8-9-23(17-42)49-28-13-12-20(3)30(22(28)5)44-31(37)24(33(39)45)15-26(35(44)47)41(6)7/h10-13,15-16,23H,8-9,14,17,37-38H2,1-7H3,(H2,39,45)(H2,40,46). The van der Waals surface area contributed by atoms with E-state index in [0.717, 1.165) is 22.3 Å². The molecule has 5 rings (SSSR count). The molecular weight excluding hydrogens is 624 g/mol. The van der Waals surface area contributed by atoms with E-state index >= 15 is 0 Å². The van der Waals surface area contributed by atoms with Gasteiger partial charge in [0, 0.05) is 26.2 Å². The number of nitrogen functional groups attached to an aromatic ring is 2. The first-order valence-corrected chi connectivity index (χ1v) is 16.0. The van der Waals surface area contributed by atoms with Crippen LogP contribution in [0.25, 0.3) is 11.4 Å². The van der Waals surface area contributed by atoms with Crippen molar-refractivity contribution in [2.75, 3.05) is 48.5 Å². The second kappa shape index (κ2) is 13.1. The van der Waals surface area contributed by atoms with Crippen LogP contribution in [0.15, 0.2) is 46.0 Å². The normalized spacial score (nSPS) is 14.5. The van der Waals surface area contributed by atoms with Gasteiger partial charge in [-0.2, -0.15) is 0 Å². The predicted molar refractivity (Wildman–Crippen MR) is 194 cm³/mol. The van der Waals surface area contributed by atoms with Crippen molar-refractivity contribution in [3.63, 3.8) is 0 Å². The Hall–Kier alpha value is -5.72. The van der Waals surface area contributed by atoms with E-state index < -0.39 is 17.4 Å². The van der Waals surface area contributed by atoms with Crippen LogP contribution in [-0.4, -0.2) is 54.2 Å². The number of primary amides is 2. The minimum absolute atomic E-state index is 0.0157. The molecule has 1 fully saturated rings. The number of benzene rings is 2. The average molecular weight is 669 g/mol. The van der Waals surface area contributed by atoms with E-state index in [4.69, 9.17) is 27.7 Å². The molecule has 2 aromatic carbocycles. The molecule has 49 heavy (non-hydrogen) atoms. The Morgan fingerprint density at radius 2 is 1.31 bits per heavy atom. The van der Waals surface area contributed by atoms with Gasteiger partial charge >= 0.3 is 0 Å². The van der Waals surface area contributed by atoms with Gasteiger partial charge in [-0.05, 0) is 87.9 Å². The molecule has 2 aromatic heterocycles. The summed E-state index contributed by atoms with van der Waals surface area (Å²) >= 11 is 0. The number of rotatable bonds is 8. The fraction of sp³-hybridized carbons (Fsp3) is 0.333. The first-order valence-electron chi connectivity index (χ1n) is 16.0. The molecule has 1 aliphatic heterocycles. The van der Waals surface area contributed by atoms with E-state index in [2.05, 4.69) is 0 Å². The van der Waals surface area contributed by atoms with Crippen molar-refractivity contribution in [2.45, 2.75) is 53.6 Å². The molecule has 0 radical (unpaired) electrons. The van der Waals surface area contributed by atoms with Gasteiger partial charge in [0.2, 0.25) is 0 Å². The molecule has 8 N–H and O–H groups in total. The Morgan fingerprint density at radius 1 is 0.776 bits per heavy atom. The fourth-order valence-electron chi connectivity index (χ4n) is 6.62. The highest BCUT2D eigenvalue weighted by molar-refractivity contribution is 5.99. The first kappa shape index (κ1) is 34.6. The SMILES string of the molecule is Cc1ccc(C)c(-n2c(N)c(C(N)=O)cc(N3CCCC(Oc4ccc(C)c(-n5c(N)c(C(N)=O)cc(N(C)C)c5=O)c4C)C3)c2=O)c1C. The van der Waals surface area contributed by atoms with Crippen LogP contribution in [0, 0.1) is 34.6 Å². The van der Waals surface area contributed by atoms with E-state index in [9.17, 15) is 19.2 Å². The molecule has 1 saturated heterocycles. The number of nitrogens with zero attached hydrogens (tertiary/aromatic N) is 4. The van der Waals surface area contributed by atoms with Gasteiger partial charge in [-0.25, -0.2) is 0 Å². The van der Waals surface area contributed by atoms with Crippen molar-refractivity contribution in [1.82, 2.24) is 9.13 Å². The number of nitrogens with two attached hydrogens (primary N) is 4. The largest absolute Gasteiger partial charge is 0.488 e. The number of aryl methyl sites for hydroxylation is 3. The van der Waals surface area contributed by atoms with Crippen LogP contribution in [-0.2, 0) is 0 Å². The van der Waals surface area contributed by atoms with Crippen molar-refractivity contribution in [2.24, 2.45) is 11.5 Å². The molecular formula is C36H44N8O5. The average Bonchev–Trinajstić information content (AvgIpc) is 3.03. The summed E-state index contributed by atoms with van der Waals surface area (Å²) in [5, 5.41) is 0. The summed E-state index contributed by atoms with van der Waals surface area (Å²) in [6, 6.07) is 10.4. The highest BCUT2D eigenvalue weighted by Gasteiger charge is 2.29. The van der Waals surface area contributed by atoms with Crippen LogP contribution in [0.1, 0.15) is 61.4 Å². The molecule has 1 aliphatic rings. The van der Waals surface area contributed by atoms with Crippen LogP contribution in [0.4, 0.5) is 23.0 Å². The van der Waals surface area contributed by atoms with E-state index in [1.54, 1.807) is 19.0 Å². The van der Waals surface area contributed by atoms with Crippen molar-refractivity contribution in [3.8, 4) is 17.1 Å². The van der Waals surface area contributed by atoms with Gasteiger partial charge in [0.25, 0.3) is 22.9 Å². The van der Waals surface area contributed by atoms with E-state index in [-0.39, 0.29) is 45.8 Å². The number of hydrogen-bond acceptors (Lipinski definition) is 9. The fourth-order valence-corrected chi connectivity index (χ4v) is 6.62. The minimum Gasteiger partial charge on any atom is -0.488 e. The molecule has 0 spiro atoms. The number of amides is 2. The maximum Gasteiger partial charge on any atom is 0.280 e. The lowest BCUT2D eigenvalue weighted by Crippen LogP contribution is -2.44. The van der Waals surface area contributed by atoms with Gasteiger partial charge in [-0.1, -0.05) is 18.2 Å². The van der Waals surface area contributed by atoms with Crippen molar-refractivity contribution >= 4 is 34.8 Å². The number of aromatic nitrogens is 2. The maximum atomic E-state index is 14.2. The van der Waals surface area contributed by atoms with Gasteiger partial charge in [-0.15, -0.1) is 0 Å². The van der Waals surface area contributed by atoms with Crippen molar-refractivity contribution in [3.05, 3.63) is 96.0 Å². The molecule has 0 bridgehead atoms. The number of carbonyl (C=O) groups excluding carboxylic acids is 2. The predicted octanol–water partition coefficient (Wildman–Crippen LogP) is 3.01. The Morgan fingerprint density at radius 3 is 1.90 bits per heavy atom. The van der Waals surface area contributed by atoms with Gasteiger partial charge < -0.3 is 37.5 Å². The van der Waals surface area contributed by atoms with Crippen molar-refractivity contribution < 1.29 is 14.3 Å². The molecule has 13 heteroatoms. The molecule has 3 heterocycles. The Kier molecular flexibility index (Phi) is 9.22. The number of ether oxygens (including phenoxy) is 1. The third-order valence-corrected chi connectivity index (χ3v) is 9.40. The van der Waals surface area contributed by atoms with Gasteiger partial charge in [0.05, 0.1) is 29.0 Å². The zero-order chi connectivity index (χ0) is 36.1. The van der Waals surface area contributed by atoms with E-state index in [1.165, 1.54) is 21.3 Å². The molecule has 258 valence electrons.